The molecule has 0 fully saturated rings. The molecular formula is C7H16O3. The minimum atomic E-state index is -1.36. The van der Waals surface area contributed by atoms with Gasteiger partial charge < -0.3 is 15.3 Å². The van der Waals surface area contributed by atoms with E-state index in [-0.39, 0.29) is 12.5 Å². The first-order valence-electron chi connectivity index (χ1n) is 3.69. The highest BCUT2D eigenvalue weighted by atomic mass is 16.5. The molecule has 0 aliphatic carbocycles. The van der Waals surface area contributed by atoms with E-state index in [2.05, 4.69) is 0 Å². The van der Waals surface area contributed by atoms with E-state index in [0.717, 1.165) is 12.8 Å². The van der Waals surface area contributed by atoms with Crippen molar-refractivity contribution in [2.24, 2.45) is 5.92 Å². The van der Waals surface area contributed by atoms with Gasteiger partial charge >= 0.3 is 0 Å². The molecule has 0 radical (unpaired) electrons. The molecule has 0 saturated heterocycles. The van der Waals surface area contributed by atoms with Crippen molar-refractivity contribution in [2.45, 2.75) is 32.5 Å². The molecule has 0 aliphatic rings. The first-order valence-corrected chi connectivity index (χ1v) is 3.69. The van der Waals surface area contributed by atoms with Crippen molar-refractivity contribution in [3.05, 3.63) is 0 Å². The van der Waals surface area contributed by atoms with Gasteiger partial charge in [0.1, 0.15) is 0 Å². The normalized spacial score (nSPS) is 14.1. The standard InChI is InChI=1S/C7H16O3/c1-2-3-4-6(5-8)7(9)10/h6-10H,2-5H2,1H3. The zero-order valence-corrected chi connectivity index (χ0v) is 6.32. The van der Waals surface area contributed by atoms with Crippen molar-refractivity contribution >= 4 is 0 Å². The van der Waals surface area contributed by atoms with Crippen LogP contribution in [0.15, 0.2) is 0 Å². The van der Waals surface area contributed by atoms with Crippen molar-refractivity contribution < 1.29 is 15.3 Å². The highest BCUT2D eigenvalue weighted by Crippen LogP contribution is 2.10. The Labute approximate surface area is 61.3 Å². The Kier molecular flexibility index (Phi) is 5.58. The first-order chi connectivity index (χ1) is 4.72. The second-order valence-electron chi connectivity index (χ2n) is 2.50. The maximum atomic E-state index is 8.63. The van der Waals surface area contributed by atoms with E-state index in [1.54, 1.807) is 0 Å². The van der Waals surface area contributed by atoms with Gasteiger partial charge in [-0.1, -0.05) is 19.8 Å². The third-order valence-electron chi connectivity index (χ3n) is 1.58. The molecule has 3 heteroatoms. The van der Waals surface area contributed by atoms with Gasteiger partial charge in [0.15, 0.2) is 6.29 Å². The van der Waals surface area contributed by atoms with Crippen molar-refractivity contribution in [3.63, 3.8) is 0 Å². The highest BCUT2D eigenvalue weighted by molar-refractivity contribution is 4.58. The topological polar surface area (TPSA) is 60.7 Å². The molecule has 10 heavy (non-hydrogen) atoms. The summed E-state index contributed by atoms with van der Waals surface area (Å²) in [5.74, 6) is -0.361. The van der Waals surface area contributed by atoms with E-state index in [9.17, 15) is 0 Å². The summed E-state index contributed by atoms with van der Waals surface area (Å²) in [4.78, 5) is 0. The summed E-state index contributed by atoms with van der Waals surface area (Å²) < 4.78 is 0. The van der Waals surface area contributed by atoms with E-state index in [4.69, 9.17) is 15.3 Å². The fourth-order valence-corrected chi connectivity index (χ4v) is 0.801. The molecule has 0 aromatic rings. The van der Waals surface area contributed by atoms with Crippen LogP contribution in [0.1, 0.15) is 26.2 Å². The summed E-state index contributed by atoms with van der Waals surface area (Å²) in [6.07, 6.45) is 1.27. The number of aliphatic hydroxyl groups excluding tert-OH is 2. The van der Waals surface area contributed by atoms with Gasteiger partial charge in [-0.25, -0.2) is 0 Å². The second-order valence-corrected chi connectivity index (χ2v) is 2.50. The lowest BCUT2D eigenvalue weighted by Crippen LogP contribution is -2.22. The van der Waals surface area contributed by atoms with Crippen LogP contribution in [0.4, 0.5) is 0 Å². The molecule has 3 N–H and O–H groups in total. The number of rotatable bonds is 5. The number of aliphatic hydroxyl groups is 3. The van der Waals surface area contributed by atoms with Crippen LogP contribution in [0.2, 0.25) is 0 Å². The Morgan fingerprint density at radius 3 is 2.20 bits per heavy atom. The fraction of sp³-hybridized carbons (Fsp3) is 1.00. The van der Waals surface area contributed by atoms with Gasteiger partial charge in [-0.15, -0.1) is 0 Å². The lowest BCUT2D eigenvalue weighted by atomic mass is 10.0. The van der Waals surface area contributed by atoms with Crippen molar-refractivity contribution in [1.82, 2.24) is 0 Å². The average molecular weight is 148 g/mol. The minimum absolute atomic E-state index is 0.141. The SMILES string of the molecule is CCCCC(CO)C(O)O. The molecule has 0 saturated carbocycles. The molecule has 0 bridgehead atoms. The van der Waals surface area contributed by atoms with E-state index in [0.29, 0.717) is 6.42 Å². The molecule has 0 spiro atoms. The van der Waals surface area contributed by atoms with Gasteiger partial charge in [0.25, 0.3) is 0 Å². The predicted octanol–water partition coefficient (Wildman–Crippen LogP) is 0.0958. The monoisotopic (exact) mass is 148 g/mol. The lowest BCUT2D eigenvalue weighted by Gasteiger charge is -2.14. The molecule has 0 aliphatic heterocycles. The summed E-state index contributed by atoms with van der Waals surface area (Å²) in [5, 5.41) is 25.9. The Morgan fingerprint density at radius 1 is 1.30 bits per heavy atom. The second kappa shape index (κ2) is 5.65. The fourth-order valence-electron chi connectivity index (χ4n) is 0.801. The van der Waals surface area contributed by atoms with Crippen LogP contribution in [0.25, 0.3) is 0 Å². The van der Waals surface area contributed by atoms with Crippen LogP contribution in [0.5, 0.6) is 0 Å². The molecule has 1 unspecified atom stereocenters. The summed E-state index contributed by atoms with van der Waals surface area (Å²) in [6, 6.07) is 0. The van der Waals surface area contributed by atoms with E-state index < -0.39 is 6.29 Å². The van der Waals surface area contributed by atoms with Gasteiger partial charge in [-0.2, -0.15) is 0 Å². The average Bonchev–Trinajstić information content (AvgIpc) is 1.89. The molecule has 0 aromatic carbocycles. The molecule has 0 heterocycles. The largest absolute Gasteiger partial charge is 0.396 e. The van der Waals surface area contributed by atoms with Gasteiger partial charge in [-0.3, -0.25) is 0 Å². The van der Waals surface area contributed by atoms with Gasteiger partial charge in [-0.05, 0) is 6.42 Å². The van der Waals surface area contributed by atoms with Gasteiger partial charge in [0, 0.05) is 5.92 Å². The third-order valence-corrected chi connectivity index (χ3v) is 1.58. The Balaban J connectivity index is 3.40. The summed E-state index contributed by atoms with van der Waals surface area (Å²) >= 11 is 0. The van der Waals surface area contributed by atoms with Crippen LogP contribution in [-0.4, -0.2) is 28.2 Å². The molecule has 0 rings (SSSR count). The zero-order chi connectivity index (χ0) is 7.98. The highest BCUT2D eigenvalue weighted by Gasteiger charge is 2.13. The van der Waals surface area contributed by atoms with Crippen molar-refractivity contribution in [2.75, 3.05) is 6.61 Å². The number of hydrogen-bond donors (Lipinski definition) is 3. The van der Waals surface area contributed by atoms with E-state index in [1.165, 1.54) is 0 Å². The zero-order valence-electron chi connectivity index (χ0n) is 6.32. The maximum Gasteiger partial charge on any atom is 0.156 e. The molecule has 0 aromatic heterocycles. The maximum absolute atomic E-state index is 8.63. The smallest absolute Gasteiger partial charge is 0.156 e. The van der Waals surface area contributed by atoms with Gasteiger partial charge in [0.2, 0.25) is 0 Å². The Bertz CT molecular complexity index is 73.3. The summed E-state index contributed by atoms with van der Waals surface area (Å²) in [5.41, 5.74) is 0. The van der Waals surface area contributed by atoms with Crippen LogP contribution >= 0.6 is 0 Å². The molecular weight excluding hydrogens is 132 g/mol. The first kappa shape index (κ1) is 9.88. The molecule has 0 amide bonds. The van der Waals surface area contributed by atoms with E-state index >= 15 is 0 Å². The van der Waals surface area contributed by atoms with Gasteiger partial charge in [0.05, 0.1) is 6.61 Å². The molecule has 3 nitrogen and oxygen atoms in total. The molecule has 1 atom stereocenters. The Hall–Kier alpha value is -0.120. The van der Waals surface area contributed by atoms with Crippen LogP contribution in [-0.2, 0) is 0 Å². The number of unbranched alkanes of at least 4 members (excludes halogenated alkanes) is 1. The van der Waals surface area contributed by atoms with Crippen LogP contribution in [0.3, 0.4) is 0 Å². The Morgan fingerprint density at radius 2 is 1.90 bits per heavy atom. The number of hydrogen-bond acceptors (Lipinski definition) is 3. The van der Waals surface area contributed by atoms with Crippen molar-refractivity contribution in [1.29, 1.82) is 0 Å². The predicted molar refractivity (Wildman–Crippen MR) is 38.3 cm³/mol. The van der Waals surface area contributed by atoms with Crippen molar-refractivity contribution in [3.8, 4) is 0 Å². The van der Waals surface area contributed by atoms with Crippen LogP contribution in [0, 0.1) is 5.92 Å². The summed E-state index contributed by atoms with van der Waals surface area (Å²) in [6.45, 7) is 1.88. The quantitative estimate of drug-likeness (QED) is 0.484. The van der Waals surface area contributed by atoms with Crippen LogP contribution < -0.4 is 0 Å². The molecule has 62 valence electrons. The third kappa shape index (κ3) is 3.82. The lowest BCUT2D eigenvalue weighted by molar-refractivity contribution is -0.0988. The summed E-state index contributed by atoms with van der Waals surface area (Å²) in [7, 11) is 0. The van der Waals surface area contributed by atoms with E-state index in [1.807, 2.05) is 6.92 Å². The minimum Gasteiger partial charge on any atom is -0.396 e.